The number of aromatic nitrogens is 1. The van der Waals surface area contributed by atoms with Gasteiger partial charge in [-0.15, -0.1) is 0 Å². The van der Waals surface area contributed by atoms with E-state index in [2.05, 4.69) is 35.0 Å². The number of rotatable bonds is 52. The molecular weight excluding hydrogens is 1450 g/mol. The predicted octanol–water partition coefficient (Wildman–Crippen LogP) is 12.3. The van der Waals surface area contributed by atoms with Gasteiger partial charge in [0.15, 0.2) is 40.5 Å². The minimum Gasteiger partial charge on any atom is -0.494 e. The number of hydrogen-bond donors (Lipinski definition) is 5. The van der Waals surface area contributed by atoms with Crippen molar-refractivity contribution in [3.63, 3.8) is 0 Å². The topological polar surface area (TPSA) is 323 Å². The average Bonchev–Trinajstić information content (AvgIpc) is 1.59. The SMILES string of the molecule is COc1cc(C(C)=O)c(N=CC2=CC(C)C=C(c3ccc(NC(=O)C(C)NC(=O)C(C=CCC(=O)CCOCCOCCOCCOCCOCCOCCOCCOCCNC(=O)CCn4c(O)cc(C5CCCCCC5)c4O)C(C)C)cc3)C2)cc1OCCCOc1cc2c(cc1OC)C(=O)N1C=C(C3CC3)CC1C=N2. The molecule has 0 bridgehead atoms. The van der Waals surface area contributed by atoms with Crippen LogP contribution in [0.3, 0.4) is 0 Å². The maximum atomic E-state index is 13.7. The van der Waals surface area contributed by atoms with Crippen LogP contribution in [0.5, 0.6) is 34.8 Å². The molecule has 0 saturated heterocycles. The van der Waals surface area contributed by atoms with Crippen LogP contribution in [0.15, 0.2) is 106 Å². The summed E-state index contributed by atoms with van der Waals surface area (Å²) < 4.78 is 69.6. The highest BCUT2D eigenvalue weighted by molar-refractivity contribution is 6.05. The van der Waals surface area contributed by atoms with E-state index in [0.29, 0.717) is 176 Å². The highest BCUT2D eigenvalue weighted by Crippen LogP contribution is 2.45. The summed E-state index contributed by atoms with van der Waals surface area (Å²) in [6, 6.07) is 15.0. The Balaban J connectivity index is 0.559. The van der Waals surface area contributed by atoms with Gasteiger partial charge in [-0.2, -0.15) is 0 Å². The van der Waals surface area contributed by atoms with Gasteiger partial charge in [0, 0.05) is 92.4 Å². The fourth-order valence-corrected chi connectivity index (χ4v) is 13.7. The van der Waals surface area contributed by atoms with Crippen molar-refractivity contribution in [2.24, 2.45) is 33.7 Å². The Hall–Kier alpha value is -9.06. The molecule has 27 nitrogen and oxygen atoms in total. The van der Waals surface area contributed by atoms with Gasteiger partial charge >= 0.3 is 0 Å². The smallest absolute Gasteiger partial charge is 0.260 e. The molecule has 3 heterocycles. The van der Waals surface area contributed by atoms with E-state index in [1.54, 1.807) is 67.6 Å². The van der Waals surface area contributed by atoms with Crippen LogP contribution in [0.1, 0.15) is 162 Å². The number of Topliss-reactive ketones (excluding diaryl/α,β-unsaturated/α-hetero) is 2. The second-order valence-electron chi connectivity index (χ2n) is 29.2. The fourth-order valence-electron chi connectivity index (χ4n) is 13.7. The summed E-state index contributed by atoms with van der Waals surface area (Å²) in [5.74, 6) is 0.738. The Morgan fingerprint density at radius 3 is 1.85 bits per heavy atom. The van der Waals surface area contributed by atoms with Crippen molar-refractivity contribution in [2.75, 3.05) is 145 Å². The summed E-state index contributed by atoms with van der Waals surface area (Å²) in [5.41, 5.74) is 7.42. The molecule has 2 fully saturated rings. The van der Waals surface area contributed by atoms with Gasteiger partial charge in [-0.1, -0.05) is 82.9 Å². The molecule has 616 valence electrons. The standard InChI is InChI=1S/C86H117N7O20/c1-58(2)71(17-12-16-70(95)25-30-104-32-34-106-36-38-108-40-42-110-44-45-111-43-41-109-39-37-107-35-33-105-31-26-87-81(96)24-27-92-82(97)52-73(85(92)100)65-14-10-8-9-11-15-65)84(99)90-60(4)83(98)91-68-22-20-63(21-23-68)66-47-59(3)46-62(48-66)55-88-75-53-79(77(102-6)50-72(75)61(5)94)112-28-13-29-113-80-54-76-74(51-78(80)103-7)86(101)93-57-67(64-18-19-64)49-69(93)56-89-76/h12,17,20-23,46-47,50-60,64-65,69,71,97,100H,8-11,13-16,18-19,24-45,48-49H2,1-7H3,(H,87,96)(H,90,99)(H,91,98). The average molecular weight is 1570 g/mol. The highest BCUT2D eigenvalue weighted by atomic mass is 16.6. The number of hydrogen-bond acceptors (Lipinski definition) is 22. The van der Waals surface area contributed by atoms with E-state index >= 15 is 0 Å². The first-order chi connectivity index (χ1) is 54.9. The Morgan fingerprint density at radius 1 is 0.664 bits per heavy atom. The van der Waals surface area contributed by atoms with E-state index in [0.717, 1.165) is 54.4 Å². The third-order valence-electron chi connectivity index (χ3n) is 20.1. The third-order valence-corrected chi connectivity index (χ3v) is 20.1. The number of ketones is 2. The van der Waals surface area contributed by atoms with Gasteiger partial charge in [-0.05, 0) is 123 Å². The normalized spacial score (nSPS) is 16.9. The number of ether oxygens (including phenoxy) is 12. The second-order valence-corrected chi connectivity index (χ2v) is 29.2. The first kappa shape index (κ1) is 87.9. The Kier molecular flexibility index (Phi) is 36.5. The zero-order valence-electron chi connectivity index (χ0n) is 66.9. The molecule has 2 saturated carbocycles. The van der Waals surface area contributed by atoms with Crippen LogP contribution in [-0.4, -0.2) is 219 Å². The third kappa shape index (κ3) is 28.5. The summed E-state index contributed by atoms with van der Waals surface area (Å²) >= 11 is 0. The Bertz CT molecular complexity index is 3940. The number of anilines is 1. The quantitative estimate of drug-likeness (QED) is 0.00901. The summed E-state index contributed by atoms with van der Waals surface area (Å²) in [5, 5.41) is 29.7. The lowest BCUT2D eigenvalue weighted by atomic mass is 9.88. The van der Waals surface area contributed by atoms with Crippen LogP contribution in [-0.2, 0) is 63.6 Å². The molecule has 2 aliphatic heterocycles. The molecule has 4 unspecified atom stereocenters. The van der Waals surface area contributed by atoms with Crippen molar-refractivity contribution < 1.29 is 95.8 Å². The monoisotopic (exact) mass is 1570 g/mol. The molecule has 1 aromatic heterocycles. The number of carbonyl (C=O) groups is 6. The van der Waals surface area contributed by atoms with Gasteiger partial charge < -0.3 is 87.9 Å². The number of nitrogens with one attached hydrogen (secondary N) is 3. The zero-order valence-corrected chi connectivity index (χ0v) is 66.9. The number of benzene rings is 3. The molecular formula is C86H117N7O20. The highest BCUT2D eigenvalue weighted by Gasteiger charge is 2.38. The van der Waals surface area contributed by atoms with Gasteiger partial charge in [0.2, 0.25) is 17.7 Å². The molecule has 3 aromatic carbocycles. The number of nitrogens with zero attached hydrogens (tertiary/aromatic N) is 4. The number of aromatic hydroxyl groups is 2. The van der Waals surface area contributed by atoms with E-state index < -0.39 is 12.0 Å². The van der Waals surface area contributed by atoms with Gasteiger partial charge in [-0.3, -0.25) is 43.3 Å². The van der Waals surface area contributed by atoms with Gasteiger partial charge in [-0.25, -0.2) is 0 Å². The molecule has 3 aliphatic carbocycles. The minimum atomic E-state index is -0.852. The lowest BCUT2D eigenvalue weighted by molar-refractivity contribution is -0.128. The van der Waals surface area contributed by atoms with Crippen molar-refractivity contribution in [2.45, 2.75) is 149 Å². The first-order valence-corrected chi connectivity index (χ1v) is 40.0. The number of carbonyl (C=O) groups excluding carboxylic acids is 6. The molecule has 5 N–H and O–H groups in total. The molecule has 113 heavy (non-hydrogen) atoms. The molecule has 9 rings (SSSR count). The van der Waals surface area contributed by atoms with Crippen LogP contribution in [0.25, 0.3) is 5.57 Å². The zero-order chi connectivity index (χ0) is 80.3. The summed E-state index contributed by atoms with van der Waals surface area (Å²) in [4.78, 5) is 90.0. The number of aliphatic imine (C=N–C) groups is 2. The van der Waals surface area contributed by atoms with Gasteiger partial charge in [0.1, 0.15) is 11.8 Å². The Morgan fingerprint density at radius 2 is 1.26 bits per heavy atom. The lowest BCUT2D eigenvalue weighted by Crippen LogP contribution is -2.44. The largest absolute Gasteiger partial charge is 0.494 e. The molecule has 0 radical (unpaired) electrons. The molecule has 4 atom stereocenters. The van der Waals surface area contributed by atoms with Crippen LogP contribution < -0.4 is 34.9 Å². The summed E-state index contributed by atoms with van der Waals surface area (Å²) in [6.07, 6.45) is 24.7. The van der Waals surface area contributed by atoms with Crippen molar-refractivity contribution in [3.8, 4) is 34.8 Å². The van der Waals surface area contributed by atoms with E-state index in [1.807, 2.05) is 50.5 Å². The minimum absolute atomic E-state index is 0.0126. The van der Waals surface area contributed by atoms with Crippen LogP contribution in [0, 0.1) is 23.7 Å². The van der Waals surface area contributed by atoms with Gasteiger partial charge in [0.25, 0.3) is 5.91 Å². The predicted molar refractivity (Wildman–Crippen MR) is 430 cm³/mol. The van der Waals surface area contributed by atoms with Crippen molar-refractivity contribution >= 4 is 70.3 Å². The fraction of sp³-hybridized carbons (Fsp3) is 0.558. The van der Waals surface area contributed by atoms with E-state index in [4.69, 9.17) is 66.8 Å². The lowest BCUT2D eigenvalue weighted by Gasteiger charge is -2.20. The van der Waals surface area contributed by atoms with E-state index in [9.17, 15) is 39.0 Å². The van der Waals surface area contributed by atoms with E-state index in [-0.39, 0.29) is 116 Å². The van der Waals surface area contributed by atoms with Crippen LogP contribution in [0.4, 0.5) is 17.1 Å². The maximum Gasteiger partial charge on any atom is 0.260 e. The number of amides is 4. The van der Waals surface area contributed by atoms with Crippen molar-refractivity contribution in [3.05, 3.63) is 119 Å². The summed E-state index contributed by atoms with van der Waals surface area (Å²) in [7, 11) is 3.06. The summed E-state index contributed by atoms with van der Waals surface area (Å²) in [6.45, 7) is 16.2. The van der Waals surface area contributed by atoms with Crippen molar-refractivity contribution in [1.29, 1.82) is 0 Å². The van der Waals surface area contributed by atoms with Gasteiger partial charge in [0.05, 0.1) is 162 Å². The first-order valence-electron chi connectivity index (χ1n) is 40.0. The molecule has 4 amide bonds. The Labute approximate surface area is 664 Å². The molecule has 5 aliphatic rings. The molecule has 27 heteroatoms. The number of fused-ring (bicyclic) bond motifs is 2. The second kappa shape index (κ2) is 47.0. The number of allylic oxidation sites excluding steroid dienone is 5. The molecule has 4 aromatic rings. The maximum absolute atomic E-state index is 13.7. The molecule has 0 spiro atoms. The van der Waals surface area contributed by atoms with Crippen LogP contribution >= 0.6 is 0 Å². The van der Waals surface area contributed by atoms with Crippen LogP contribution in [0.2, 0.25) is 0 Å². The van der Waals surface area contributed by atoms with E-state index in [1.165, 1.54) is 49.9 Å². The number of methoxy groups -OCH3 is 2. The van der Waals surface area contributed by atoms with Crippen molar-refractivity contribution in [1.82, 2.24) is 20.1 Å².